The van der Waals surface area contributed by atoms with E-state index in [2.05, 4.69) is 5.32 Å². The number of benzene rings is 2. The number of rotatable bonds is 3. The third kappa shape index (κ3) is 3.66. The van der Waals surface area contributed by atoms with Crippen LogP contribution in [-0.2, 0) is 12.6 Å². The number of nitriles is 1. The van der Waals surface area contributed by atoms with Crippen molar-refractivity contribution in [2.75, 3.05) is 11.1 Å². The van der Waals surface area contributed by atoms with E-state index < -0.39 is 11.7 Å². The van der Waals surface area contributed by atoms with Crippen LogP contribution >= 0.6 is 0 Å². The third-order valence-corrected chi connectivity index (χ3v) is 2.87. The number of alkyl halides is 3. The zero-order valence-corrected chi connectivity index (χ0v) is 10.9. The highest BCUT2D eigenvalue weighted by atomic mass is 19.4. The van der Waals surface area contributed by atoms with Crippen LogP contribution in [0.4, 0.5) is 30.2 Å². The first-order valence-electron chi connectivity index (χ1n) is 6.10. The zero-order valence-electron chi connectivity index (χ0n) is 10.9. The minimum absolute atomic E-state index is 0.0530. The molecule has 2 aromatic carbocycles. The van der Waals surface area contributed by atoms with Crippen LogP contribution in [0.3, 0.4) is 0 Å². The first-order valence-corrected chi connectivity index (χ1v) is 6.10. The smallest absolute Gasteiger partial charge is 0.399 e. The lowest BCUT2D eigenvalue weighted by Crippen LogP contribution is -2.09. The lowest BCUT2D eigenvalue weighted by atomic mass is 10.1. The number of hydrogen-bond acceptors (Lipinski definition) is 3. The molecule has 3 nitrogen and oxygen atoms in total. The molecule has 0 atom stereocenters. The lowest BCUT2D eigenvalue weighted by molar-refractivity contribution is -0.136. The Morgan fingerprint density at radius 1 is 1.10 bits per heavy atom. The summed E-state index contributed by atoms with van der Waals surface area (Å²) in [6.07, 6.45) is -4.23. The normalized spacial score (nSPS) is 11.0. The quantitative estimate of drug-likeness (QED) is 0.837. The molecule has 0 aliphatic heterocycles. The summed E-state index contributed by atoms with van der Waals surface area (Å²) < 4.78 is 38.9. The predicted octanol–water partition coefficient (Wildman–Crippen LogP) is 4.10. The standard InChI is InChI=1S/C15H12F3N3/c16-15(17,18)13-9-11(20)3-6-14(13)21-12-4-1-10(2-5-12)7-8-19/h1-6,9,21H,7,20H2. The second-order valence-corrected chi connectivity index (χ2v) is 4.46. The van der Waals surface area contributed by atoms with Gasteiger partial charge in [0.1, 0.15) is 0 Å². The summed E-state index contributed by atoms with van der Waals surface area (Å²) in [5, 5.41) is 11.3. The molecule has 2 aromatic rings. The Hall–Kier alpha value is -2.68. The van der Waals surface area contributed by atoms with Crippen molar-refractivity contribution in [1.82, 2.24) is 0 Å². The highest BCUT2D eigenvalue weighted by Gasteiger charge is 2.33. The third-order valence-electron chi connectivity index (χ3n) is 2.87. The second kappa shape index (κ2) is 5.75. The number of nitrogen functional groups attached to an aromatic ring is 1. The van der Waals surface area contributed by atoms with Crippen LogP contribution in [0, 0.1) is 11.3 Å². The molecule has 0 aliphatic carbocycles. The van der Waals surface area contributed by atoms with Gasteiger partial charge in [0.2, 0.25) is 0 Å². The maximum Gasteiger partial charge on any atom is 0.418 e. The van der Waals surface area contributed by atoms with Gasteiger partial charge < -0.3 is 11.1 Å². The van der Waals surface area contributed by atoms with Gasteiger partial charge in [0.15, 0.2) is 0 Å². The molecule has 0 fully saturated rings. The fraction of sp³-hybridized carbons (Fsp3) is 0.133. The molecule has 6 heteroatoms. The van der Waals surface area contributed by atoms with Gasteiger partial charge in [-0.25, -0.2) is 0 Å². The van der Waals surface area contributed by atoms with Gasteiger partial charge in [-0.1, -0.05) is 12.1 Å². The molecule has 0 aromatic heterocycles. The van der Waals surface area contributed by atoms with Crippen LogP contribution in [0.5, 0.6) is 0 Å². The van der Waals surface area contributed by atoms with E-state index >= 15 is 0 Å². The SMILES string of the molecule is N#CCc1ccc(Nc2ccc(N)cc2C(F)(F)F)cc1. The summed E-state index contributed by atoms with van der Waals surface area (Å²) >= 11 is 0. The van der Waals surface area contributed by atoms with Crippen LogP contribution in [0.15, 0.2) is 42.5 Å². The fourth-order valence-electron chi connectivity index (χ4n) is 1.86. The topological polar surface area (TPSA) is 61.8 Å². The Morgan fingerprint density at radius 3 is 2.33 bits per heavy atom. The molecule has 2 rings (SSSR count). The van der Waals surface area contributed by atoms with E-state index in [4.69, 9.17) is 11.0 Å². The molecular formula is C15H12F3N3. The maximum atomic E-state index is 13.0. The van der Waals surface area contributed by atoms with Crippen molar-refractivity contribution >= 4 is 17.1 Å². The van der Waals surface area contributed by atoms with Crippen LogP contribution in [0.2, 0.25) is 0 Å². The van der Waals surface area contributed by atoms with Gasteiger partial charge in [0.05, 0.1) is 23.7 Å². The highest BCUT2D eigenvalue weighted by Crippen LogP contribution is 2.37. The van der Waals surface area contributed by atoms with Crippen molar-refractivity contribution in [3.63, 3.8) is 0 Å². The molecule has 108 valence electrons. The van der Waals surface area contributed by atoms with E-state index in [1.165, 1.54) is 12.1 Å². The van der Waals surface area contributed by atoms with Gasteiger partial charge in [0, 0.05) is 11.4 Å². The molecule has 0 aliphatic rings. The van der Waals surface area contributed by atoms with Crippen LogP contribution in [0.1, 0.15) is 11.1 Å². The Morgan fingerprint density at radius 2 is 1.76 bits per heavy atom. The Bertz CT molecular complexity index is 670. The number of halogens is 3. The number of hydrogen-bond donors (Lipinski definition) is 2. The number of nitrogens with zero attached hydrogens (tertiary/aromatic N) is 1. The first-order chi connectivity index (χ1) is 9.90. The summed E-state index contributed by atoms with van der Waals surface area (Å²) in [7, 11) is 0. The van der Waals surface area contributed by atoms with Gasteiger partial charge in [0.25, 0.3) is 0 Å². The molecule has 0 saturated carbocycles. The van der Waals surface area contributed by atoms with E-state index in [-0.39, 0.29) is 17.8 Å². The predicted molar refractivity (Wildman–Crippen MR) is 74.9 cm³/mol. The Labute approximate surface area is 119 Å². The minimum atomic E-state index is -4.49. The summed E-state index contributed by atoms with van der Waals surface area (Å²) in [5.74, 6) is 0. The average Bonchev–Trinajstić information content (AvgIpc) is 2.42. The molecule has 0 saturated heterocycles. The van der Waals surface area contributed by atoms with Crippen molar-refractivity contribution < 1.29 is 13.2 Å². The highest BCUT2D eigenvalue weighted by molar-refractivity contribution is 5.67. The first kappa shape index (κ1) is 14.7. The molecule has 3 N–H and O–H groups in total. The molecule has 0 heterocycles. The number of anilines is 3. The fourth-order valence-corrected chi connectivity index (χ4v) is 1.86. The van der Waals surface area contributed by atoms with E-state index in [0.717, 1.165) is 11.6 Å². The van der Waals surface area contributed by atoms with Crippen molar-refractivity contribution in [2.45, 2.75) is 12.6 Å². The van der Waals surface area contributed by atoms with Crippen LogP contribution in [0.25, 0.3) is 0 Å². The molecule has 0 radical (unpaired) electrons. The van der Waals surface area contributed by atoms with E-state index in [1.54, 1.807) is 24.3 Å². The summed E-state index contributed by atoms with van der Waals surface area (Å²) in [6, 6.07) is 12.2. The lowest BCUT2D eigenvalue weighted by Gasteiger charge is -2.15. The van der Waals surface area contributed by atoms with Crippen molar-refractivity contribution in [3.8, 4) is 6.07 Å². The summed E-state index contributed by atoms with van der Waals surface area (Å²) in [5.41, 5.74) is 5.89. The van der Waals surface area contributed by atoms with Gasteiger partial charge in [-0.3, -0.25) is 0 Å². The number of nitrogens with one attached hydrogen (secondary N) is 1. The van der Waals surface area contributed by atoms with Crippen LogP contribution < -0.4 is 11.1 Å². The van der Waals surface area contributed by atoms with E-state index in [9.17, 15) is 13.2 Å². The van der Waals surface area contributed by atoms with Crippen molar-refractivity contribution in [3.05, 3.63) is 53.6 Å². The zero-order chi connectivity index (χ0) is 15.5. The van der Waals surface area contributed by atoms with Gasteiger partial charge in [-0.15, -0.1) is 0 Å². The minimum Gasteiger partial charge on any atom is -0.399 e. The van der Waals surface area contributed by atoms with Gasteiger partial charge in [-0.2, -0.15) is 18.4 Å². The average molecular weight is 291 g/mol. The molecule has 21 heavy (non-hydrogen) atoms. The van der Waals surface area contributed by atoms with Crippen molar-refractivity contribution in [2.24, 2.45) is 0 Å². The molecule has 0 unspecified atom stereocenters. The van der Waals surface area contributed by atoms with Crippen molar-refractivity contribution in [1.29, 1.82) is 5.26 Å². The van der Waals surface area contributed by atoms with Crippen LogP contribution in [-0.4, -0.2) is 0 Å². The van der Waals surface area contributed by atoms with Gasteiger partial charge >= 0.3 is 6.18 Å². The van der Waals surface area contributed by atoms with E-state index in [1.807, 2.05) is 6.07 Å². The monoisotopic (exact) mass is 291 g/mol. The number of nitrogens with two attached hydrogens (primary N) is 1. The molecule has 0 bridgehead atoms. The molecule has 0 amide bonds. The molecular weight excluding hydrogens is 279 g/mol. The Balaban J connectivity index is 2.29. The summed E-state index contributed by atoms with van der Waals surface area (Å²) in [4.78, 5) is 0. The molecule has 0 spiro atoms. The Kier molecular flexibility index (Phi) is 4.03. The van der Waals surface area contributed by atoms with E-state index in [0.29, 0.717) is 5.69 Å². The second-order valence-electron chi connectivity index (χ2n) is 4.46. The van der Waals surface area contributed by atoms with Gasteiger partial charge in [-0.05, 0) is 35.9 Å². The maximum absolute atomic E-state index is 13.0. The summed E-state index contributed by atoms with van der Waals surface area (Å²) in [6.45, 7) is 0. The largest absolute Gasteiger partial charge is 0.418 e.